The number of nitrogens with two attached hydrogens (primary N) is 1. The van der Waals surface area contributed by atoms with Crippen LogP contribution in [0.4, 0.5) is 0 Å². The Morgan fingerprint density at radius 3 is 2.37 bits per heavy atom. The fourth-order valence-corrected chi connectivity index (χ4v) is 3.26. The molecule has 0 radical (unpaired) electrons. The van der Waals surface area contributed by atoms with E-state index in [9.17, 15) is 18.0 Å². The van der Waals surface area contributed by atoms with E-state index in [2.05, 4.69) is 5.32 Å². The molecule has 142 valence electrons. The molecular weight excluding hydrogens is 368 g/mol. The van der Waals surface area contributed by atoms with Crippen molar-refractivity contribution in [1.29, 1.82) is 0 Å². The van der Waals surface area contributed by atoms with Crippen molar-refractivity contribution in [3.8, 4) is 5.75 Å². The predicted octanol–water partition coefficient (Wildman–Crippen LogP) is 1.77. The summed E-state index contributed by atoms with van der Waals surface area (Å²) >= 11 is 0. The van der Waals surface area contributed by atoms with E-state index < -0.39 is 21.7 Å². The summed E-state index contributed by atoms with van der Waals surface area (Å²) in [5, 5.41) is 8.01. The number of methoxy groups -OCH3 is 1. The van der Waals surface area contributed by atoms with E-state index in [1.165, 1.54) is 19.2 Å². The smallest absolute Gasteiger partial charge is 0.252 e. The molecule has 0 atom stereocenters. The molecule has 0 aliphatic heterocycles. The summed E-state index contributed by atoms with van der Waals surface area (Å²) in [5.41, 5.74) is 1.13. The number of ether oxygens (including phenoxy) is 1. The zero-order valence-corrected chi connectivity index (χ0v) is 15.8. The minimum atomic E-state index is -4.03. The van der Waals surface area contributed by atoms with Crippen LogP contribution in [0.3, 0.4) is 0 Å². The van der Waals surface area contributed by atoms with Crippen LogP contribution in [-0.2, 0) is 10.0 Å². The van der Waals surface area contributed by atoms with Gasteiger partial charge >= 0.3 is 0 Å². The van der Waals surface area contributed by atoms with Crippen molar-refractivity contribution < 1.29 is 22.7 Å². The fraction of sp³-hybridized carbons (Fsp3) is 0.263. The number of sulfonamides is 1. The van der Waals surface area contributed by atoms with E-state index in [1.54, 1.807) is 18.2 Å². The molecule has 1 amide bonds. The first-order valence-electron chi connectivity index (χ1n) is 8.38. The Morgan fingerprint density at radius 1 is 1.07 bits per heavy atom. The zero-order valence-electron chi connectivity index (χ0n) is 15.0. The maximum absolute atomic E-state index is 13.2. The van der Waals surface area contributed by atoms with E-state index in [0.717, 1.165) is 24.5 Å². The summed E-state index contributed by atoms with van der Waals surface area (Å²) in [7, 11) is -2.60. The normalized spacial score (nSPS) is 13.9. The first-order chi connectivity index (χ1) is 12.7. The van der Waals surface area contributed by atoms with E-state index >= 15 is 0 Å². The van der Waals surface area contributed by atoms with Crippen molar-refractivity contribution >= 4 is 21.7 Å². The molecule has 0 spiro atoms. The van der Waals surface area contributed by atoms with Gasteiger partial charge in [-0.25, -0.2) is 13.6 Å². The van der Waals surface area contributed by atoms with Crippen LogP contribution in [0, 0.1) is 6.92 Å². The average molecular weight is 388 g/mol. The van der Waals surface area contributed by atoms with Crippen molar-refractivity contribution in [3.05, 3.63) is 58.7 Å². The number of primary sulfonamides is 1. The van der Waals surface area contributed by atoms with Gasteiger partial charge in [-0.3, -0.25) is 9.59 Å². The lowest BCUT2D eigenvalue weighted by molar-refractivity contribution is 0.0939. The highest BCUT2D eigenvalue weighted by Gasteiger charge is 2.28. The van der Waals surface area contributed by atoms with Gasteiger partial charge in [0.05, 0.1) is 23.1 Å². The molecule has 3 rings (SSSR count). The highest BCUT2D eigenvalue weighted by atomic mass is 32.2. The molecule has 27 heavy (non-hydrogen) atoms. The number of carbonyl (C=O) groups excluding carboxylic acids is 2. The first kappa shape index (κ1) is 19.1. The van der Waals surface area contributed by atoms with Crippen LogP contribution in [0.5, 0.6) is 5.75 Å². The van der Waals surface area contributed by atoms with E-state index in [4.69, 9.17) is 9.88 Å². The summed E-state index contributed by atoms with van der Waals surface area (Å²) in [6.07, 6.45) is 1.77. The van der Waals surface area contributed by atoms with E-state index in [0.29, 0.717) is 5.75 Å². The maximum atomic E-state index is 13.2. The van der Waals surface area contributed by atoms with Crippen LogP contribution in [0.15, 0.2) is 41.3 Å². The molecule has 0 bridgehead atoms. The van der Waals surface area contributed by atoms with Gasteiger partial charge in [0.2, 0.25) is 10.0 Å². The minimum absolute atomic E-state index is 0.0384. The predicted molar refractivity (Wildman–Crippen MR) is 99.5 cm³/mol. The number of nitrogens with one attached hydrogen (secondary N) is 1. The highest BCUT2D eigenvalue weighted by molar-refractivity contribution is 7.89. The largest absolute Gasteiger partial charge is 0.496 e. The standard InChI is InChI=1S/C19H20N2O5S/c1-11-3-8-17(26-2)16(9-11)18(22)15-10-13(27(20,24)25)6-7-14(15)19(23)21-12-4-5-12/h3,6-10,12H,4-5H2,1-2H3,(H,21,23)(H2,20,24,25). The lowest BCUT2D eigenvalue weighted by Crippen LogP contribution is -2.27. The maximum Gasteiger partial charge on any atom is 0.252 e. The molecule has 1 fully saturated rings. The summed E-state index contributed by atoms with van der Waals surface area (Å²) in [6.45, 7) is 1.82. The Morgan fingerprint density at radius 2 is 1.78 bits per heavy atom. The Kier molecular flexibility index (Phi) is 5.03. The summed E-state index contributed by atoms with van der Waals surface area (Å²) < 4.78 is 28.7. The quantitative estimate of drug-likeness (QED) is 0.732. The molecule has 1 saturated carbocycles. The van der Waals surface area contributed by atoms with E-state index in [1.807, 2.05) is 6.92 Å². The van der Waals surface area contributed by atoms with Gasteiger partial charge in [-0.15, -0.1) is 0 Å². The number of hydrogen-bond donors (Lipinski definition) is 2. The minimum Gasteiger partial charge on any atom is -0.496 e. The van der Waals surface area contributed by atoms with Crippen LogP contribution >= 0.6 is 0 Å². The van der Waals surface area contributed by atoms with Crippen LogP contribution in [-0.4, -0.2) is 33.3 Å². The summed E-state index contributed by atoms with van der Waals surface area (Å²) in [5.74, 6) is -0.601. The molecule has 1 aliphatic carbocycles. The lowest BCUT2D eigenvalue weighted by atomic mass is 9.96. The SMILES string of the molecule is COc1ccc(C)cc1C(=O)c1cc(S(N)(=O)=O)ccc1C(=O)NC1CC1. The molecule has 0 unspecified atom stereocenters. The van der Waals surface area contributed by atoms with E-state index in [-0.39, 0.29) is 27.6 Å². The first-order valence-corrected chi connectivity index (χ1v) is 9.92. The third-order valence-electron chi connectivity index (χ3n) is 4.32. The number of hydrogen-bond acceptors (Lipinski definition) is 5. The second kappa shape index (κ2) is 7.13. The molecule has 2 aromatic carbocycles. The van der Waals surface area contributed by atoms with Gasteiger partial charge in [-0.05, 0) is 50.1 Å². The van der Waals surface area contributed by atoms with Gasteiger partial charge in [-0.1, -0.05) is 11.6 Å². The Labute approximate surface area is 157 Å². The van der Waals surface area contributed by atoms with Crippen molar-refractivity contribution in [2.45, 2.75) is 30.7 Å². The lowest BCUT2D eigenvalue weighted by Gasteiger charge is -2.13. The van der Waals surface area contributed by atoms with Crippen LogP contribution in [0.25, 0.3) is 0 Å². The third-order valence-corrected chi connectivity index (χ3v) is 5.23. The van der Waals surface area contributed by atoms with Gasteiger partial charge in [0.25, 0.3) is 5.91 Å². The van der Waals surface area contributed by atoms with Crippen molar-refractivity contribution in [2.75, 3.05) is 7.11 Å². The number of carbonyl (C=O) groups is 2. The number of ketones is 1. The monoisotopic (exact) mass is 388 g/mol. The number of benzene rings is 2. The number of aryl methyl sites for hydroxylation is 1. The molecule has 2 aromatic rings. The fourth-order valence-electron chi connectivity index (χ4n) is 2.72. The molecule has 3 N–H and O–H groups in total. The molecule has 0 heterocycles. The molecule has 7 nitrogen and oxygen atoms in total. The average Bonchev–Trinajstić information content (AvgIpc) is 3.43. The molecule has 8 heteroatoms. The number of amides is 1. The second-order valence-electron chi connectivity index (χ2n) is 6.53. The van der Waals surface area contributed by atoms with Gasteiger partial charge in [0, 0.05) is 11.6 Å². The molecular formula is C19H20N2O5S. The van der Waals surface area contributed by atoms with Crippen LogP contribution in [0.2, 0.25) is 0 Å². The Hall–Kier alpha value is -2.71. The van der Waals surface area contributed by atoms with Crippen molar-refractivity contribution in [1.82, 2.24) is 5.32 Å². The van der Waals surface area contributed by atoms with Gasteiger partial charge in [-0.2, -0.15) is 0 Å². The second-order valence-corrected chi connectivity index (χ2v) is 8.09. The molecule has 0 saturated heterocycles. The van der Waals surface area contributed by atoms with Gasteiger partial charge in [0.15, 0.2) is 5.78 Å². The summed E-state index contributed by atoms with van der Waals surface area (Å²) in [6, 6.07) is 8.84. The van der Waals surface area contributed by atoms with Gasteiger partial charge < -0.3 is 10.1 Å². The topological polar surface area (TPSA) is 116 Å². The zero-order chi connectivity index (χ0) is 19.8. The van der Waals surface area contributed by atoms with Crippen molar-refractivity contribution in [2.24, 2.45) is 5.14 Å². The van der Waals surface area contributed by atoms with Gasteiger partial charge in [0.1, 0.15) is 5.75 Å². The summed E-state index contributed by atoms with van der Waals surface area (Å²) in [4.78, 5) is 25.5. The Bertz CT molecular complexity index is 1030. The van der Waals surface area contributed by atoms with Crippen LogP contribution < -0.4 is 15.2 Å². The van der Waals surface area contributed by atoms with Crippen molar-refractivity contribution in [3.63, 3.8) is 0 Å². The van der Waals surface area contributed by atoms with Crippen LogP contribution in [0.1, 0.15) is 44.7 Å². The Balaban J connectivity index is 2.14. The molecule has 0 aromatic heterocycles. The molecule has 1 aliphatic rings. The third kappa shape index (κ3) is 4.17. The number of rotatable bonds is 6. The highest BCUT2D eigenvalue weighted by Crippen LogP contribution is 2.27.